The topological polar surface area (TPSA) is 25.8 Å². The van der Waals surface area contributed by atoms with Gasteiger partial charge in [0.25, 0.3) is 0 Å². The van der Waals surface area contributed by atoms with Gasteiger partial charge in [-0.15, -0.1) is 11.3 Å². The van der Waals surface area contributed by atoms with Gasteiger partial charge in [0.15, 0.2) is 5.82 Å². The van der Waals surface area contributed by atoms with Gasteiger partial charge in [-0.25, -0.2) is 9.97 Å². The molecule has 256 valence electrons. The van der Waals surface area contributed by atoms with Crippen LogP contribution in [0.15, 0.2) is 194 Å². The summed E-state index contributed by atoms with van der Waals surface area (Å²) in [4.78, 5) is 10.5. The first kappa shape index (κ1) is 31.6. The van der Waals surface area contributed by atoms with Gasteiger partial charge in [0, 0.05) is 42.4 Å². The summed E-state index contributed by atoms with van der Waals surface area (Å²) in [5, 5.41) is 10.1. The first-order valence-corrected chi connectivity index (χ1v) is 19.5. The number of rotatable bonds is 5. The molecule has 0 saturated heterocycles. The van der Waals surface area contributed by atoms with Gasteiger partial charge in [-0.3, -0.25) is 0 Å². The smallest absolute Gasteiger partial charge is 0.160 e. The Kier molecular flexibility index (Phi) is 7.39. The van der Waals surface area contributed by atoms with E-state index in [4.69, 9.17) is 9.97 Å². The van der Waals surface area contributed by atoms with Crippen LogP contribution in [-0.2, 0) is 0 Å². The lowest BCUT2D eigenvalue weighted by Crippen LogP contribution is -1.97. The molecule has 0 fully saturated rings. The van der Waals surface area contributed by atoms with Gasteiger partial charge in [-0.05, 0) is 67.2 Å². The van der Waals surface area contributed by atoms with Crippen LogP contribution in [0.4, 0.5) is 0 Å². The second-order valence-corrected chi connectivity index (χ2v) is 15.1. The van der Waals surface area contributed by atoms with Crippen molar-refractivity contribution in [3.8, 4) is 56.2 Å². The van der Waals surface area contributed by atoms with Crippen LogP contribution in [0.25, 0.3) is 109 Å². The Balaban J connectivity index is 1.08. The van der Waals surface area contributed by atoms with Gasteiger partial charge in [0.2, 0.25) is 0 Å². The highest BCUT2D eigenvalue weighted by molar-refractivity contribution is 7.26. The minimum Gasteiger partial charge on any atom is -0.228 e. The molecular weight excluding hydrogens is 685 g/mol. The summed E-state index contributed by atoms with van der Waals surface area (Å²) in [5.41, 5.74) is 9.70. The summed E-state index contributed by atoms with van der Waals surface area (Å²) in [6.07, 6.45) is 0. The van der Waals surface area contributed by atoms with Crippen LogP contribution >= 0.6 is 11.3 Å². The molecule has 2 heterocycles. The van der Waals surface area contributed by atoms with Gasteiger partial charge in [0.05, 0.1) is 11.4 Å². The number of hydrogen-bond acceptors (Lipinski definition) is 3. The Labute approximate surface area is 322 Å². The normalized spacial score (nSPS) is 11.6. The quantitative estimate of drug-likeness (QED) is 0.131. The zero-order valence-corrected chi connectivity index (χ0v) is 30.6. The second kappa shape index (κ2) is 12.9. The van der Waals surface area contributed by atoms with Crippen LogP contribution in [0.5, 0.6) is 0 Å². The number of aromatic nitrogens is 2. The second-order valence-electron chi connectivity index (χ2n) is 14.1. The van der Waals surface area contributed by atoms with Crippen LogP contribution in [-0.4, -0.2) is 9.97 Å². The number of hydrogen-bond donors (Lipinski definition) is 0. The largest absolute Gasteiger partial charge is 0.228 e. The summed E-state index contributed by atoms with van der Waals surface area (Å²) in [6.45, 7) is 0. The average molecular weight is 717 g/mol. The van der Waals surface area contributed by atoms with E-state index in [0.29, 0.717) is 5.82 Å². The van der Waals surface area contributed by atoms with Crippen LogP contribution in [0, 0.1) is 0 Å². The lowest BCUT2D eigenvalue weighted by molar-refractivity contribution is 1.18. The fourth-order valence-electron chi connectivity index (χ4n) is 8.29. The third-order valence-corrected chi connectivity index (χ3v) is 12.1. The van der Waals surface area contributed by atoms with E-state index >= 15 is 0 Å². The van der Waals surface area contributed by atoms with Gasteiger partial charge in [-0.2, -0.15) is 0 Å². The maximum atomic E-state index is 5.34. The van der Waals surface area contributed by atoms with E-state index < -0.39 is 0 Å². The molecule has 0 aliphatic heterocycles. The first-order valence-electron chi connectivity index (χ1n) is 18.7. The summed E-state index contributed by atoms with van der Waals surface area (Å²) in [7, 11) is 0. The predicted molar refractivity (Wildman–Crippen MR) is 235 cm³/mol. The van der Waals surface area contributed by atoms with Gasteiger partial charge < -0.3 is 0 Å². The van der Waals surface area contributed by atoms with E-state index in [0.717, 1.165) is 33.6 Å². The van der Waals surface area contributed by atoms with Crippen molar-refractivity contribution in [2.75, 3.05) is 0 Å². The van der Waals surface area contributed by atoms with Crippen molar-refractivity contribution in [3.63, 3.8) is 0 Å². The maximum absolute atomic E-state index is 5.34. The molecule has 0 radical (unpaired) electrons. The standard InChI is InChI=1S/C52H32N2S/c1-2-14-34(15-3-1)47-32-48(41-20-9-8-19-40(41)44-22-12-23-45-42-21-10-11-24-49(42)55-51(44)45)54-52(53-47)36-27-25-35(26-28-36)50-39-18-7-5-16-37(39)31-46-38-17-6-4-13-33(38)29-30-43(46)50/h1-32H. The van der Waals surface area contributed by atoms with Gasteiger partial charge in [-0.1, -0.05) is 176 Å². The molecule has 2 aromatic heterocycles. The van der Waals surface area contributed by atoms with E-state index in [2.05, 4.69) is 188 Å². The Morgan fingerprint density at radius 3 is 1.82 bits per heavy atom. The van der Waals surface area contributed by atoms with Crippen molar-refractivity contribution in [2.24, 2.45) is 0 Å². The molecule has 0 N–H and O–H groups in total. The maximum Gasteiger partial charge on any atom is 0.160 e. The molecule has 0 aliphatic rings. The highest BCUT2D eigenvalue weighted by atomic mass is 32.1. The van der Waals surface area contributed by atoms with Crippen molar-refractivity contribution in [2.45, 2.75) is 0 Å². The van der Waals surface area contributed by atoms with Crippen molar-refractivity contribution in [1.29, 1.82) is 0 Å². The van der Waals surface area contributed by atoms with Gasteiger partial charge >= 0.3 is 0 Å². The van der Waals surface area contributed by atoms with Gasteiger partial charge in [0.1, 0.15) is 0 Å². The molecule has 0 saturated carbocycles. The third-order valence-electron chi connectivity index (χ3n) is 10.9. The minimum atomic E-state index is 0.701. The Morgan fingerprint density at radius 2 is 0.964 bits per heavy atom. The third kappa shape index (κ3) is 5.32. The highest BCUT2D eigenvalue weighted by Gasteiger charge is 2.18. The predicted octanol–water partition coefficient (Wildman–Crippen LogP) is 14.6. The van der Waals surface area contributed by atoms with Crippen molar-refractivity contribution >= 4 is 63.8 Å². The lowest BCUT2D eigenvalue weighted by atomic mass is 9.89. The van der Waals surface area contributed by atoms with Crippen molar-refractivity contribution in [1.82, 2.24) is 9.97 Å². The molecule has 11 rings (SSSR count). The number of fused-ring (bicyclic) bond motifs is 7. The van der Waals surface area contributed by atoms with Crippen molar-refractivity contribution < 1.29 is 0 Å². The Bertz CT molecular complexity index is 3250. The zero-order chi connectivity index (χ0) is 36.3. The van der Waals surface area contributed by atoms with E-state index in [1.54, 1.807) is 0 Å². The zero-order valence-electron chi connectivity index (χ0n) is 29.8. The summed E-state index contributed by atoms with van der Waals surface area (Å²) >= 11 is 1.86. The average Bonchev–Trinajstić information content (AvgIpc) is 3.65. The summed E-state index contributed by atoms with van der Waals surface area (Å²) < 4.78 is 2.59. The first-order chi connectivity index (χ1) is 27.3. The SMILES string of the molecule is c1ccc(-c2cc(-c3ccccc3-c3cccc4c3sc3ccccc34)nc(-c3ccc(-c4c5ccccc5cc5c4ccc4ccccc45)cc3)n2)cc1. The summed E-state index contributed by atoms with van der Waals surface area (Å²) in [6, 6.07) is 69.7. The van der Waals surface area contributed by atoms with E-state index in [1.807, 2.05) is 17.4 Å². The Hall–Kier alpha value is -6.94. The molecule has 0 bridgehead atoms. The van der Waals surface area contributed by atoms with E-state index in [1.165, 1.54) is 69.2 Å². The molecule has 11 aromatic rings. The van der Waals surface area contributed by atoms with Crippen LogP contribution in [0.3, 0.4) is 0 Å². The monoisotopic (exact) mass is 716 g/mol. The van der Waals surface area contributed by atoms with Crippen LogP contribution in [0.2, 0.25) is 0 Å². The molecular formula is C52H32N2S. The molecule has 2 nitrogen and oxygen atoms in total. The van der Waals surface area contributed by atoms with Crippen LogP contribution < -0.4 is 0 Å². The van der Waals surface area contributed by atoms with E-state index in [-0.39, 0.29) is 0 Å². The Morgan fingerprint density at radius 1 is 0.327 bits per heavy atom. The molecule has 9 aromatic carbocycles. The van der Waals surface area contributed by atoms with Crippen LogP contribution in [0.1, 0.15) is 0 Å². The molecule has 0 spiro atoms. The minimum absolute atomic E-state index is 0.701. The lowest BCUT2D eigenvalue weighted by Gasteiger charge is -2.15. The summed E-state index contributed by atoms with van der Waals surface area (Å²) in [5.74, 6) is 0.701. The molecule has 0 aliphatic carbocycles. The highest BCUT2D eigenvalue weighted by Crippen LogP contribution is 2.44. The number of thiophene rings is 1. The molecule has 55 heavy (non-hydrogen) atoms. The molecule has 0 unspecified atom stereocenters. The number of benzene rings is 9. The number of nitrogens with zero attached hydrogens (tertiary/aromatic N) is 2. The molecule has 0 amide bonds. The molecule has 3 heteroatoms. The molecule has 0 atom stereocenters. The fourth-order valence-corrected chi connectivity index (χ4v) is 9.52. The fraction of sp³-hybridized carbons (Fsp3) is 0. The van der Waals surface area contributed by atoms with Crippen molar-refractivity contribution in [3.05, 3.63) is 194 Å². The van der Waals surface area contributed by atoms with E-state index in [9.17, 15) is 0 Å².